The number of ether oxygens (including phenoxy) is 2. The number of hydrogen-bond donors (Lipinski definition) is 2. The summed E-state index contributed by atoms with van der Waals surface area (Å²) in [6, 6.07) is 9.79. The third kappa shape index (κ3) is 5.98. The van der Waals surface area contributed by atoms with Gasteiger partial charge in [-0.2, -0.15) is 0 Å². The first-order valence-electron chi connectivity index (χ1n) is 7.85. The van der Waals surface area contributed by atoms with E-state index in [1.807, 2.05) is 13.0 Å². The molecule has 0 radical (unpaired) electrons. The smallest absolute Gasteiger partial charge is 0.335 e. The molecule has 25 heavy (non-hydrogen) atoms. The standard InChI is InChI=1S/C18H20N2O5/c1-2-24-8-9-25-12-13-4-3-5-15(10-13)20-17(21)16-11-14(18(22)23)6-7-19-16/h3-7,10-11H,2,8-9,12H2,1H3,(H,20,21)(H,22,23). The van der Waals surface area contributed by atoms with E-state index in [4.69, 9.17) is 14.6 Å². The molecule has 0 aliphatic rings. The van der Waals surface area contributed by atoms with Crippen LogP contribution in [0.1, 0.15) is 33.3 Å². The highest BCUT2D eigenvalue weighted by Gasteiger charge is 2.11. The molecule has 2 rings (SSSR count). The number of aromatic carboxylic acids is 1. The Labute approximate surface area is 145 Å². The summed E-state index contributed by atoms with van der Waals surface area (Å²) in [5.74, 6) is -1.58. The van der Waals surface area contributed by atoms with E-state index in [1.165, 1.54) is 18.3 Å². The molecule has 1 amide bonds. The molecule has 2 aromatic rings. The van der Waals surface area contributed by atoms with Gasteiger partial charge in [0.15, 0.2) is 0 Å². The predicted molar refractivity (Wildman–Crippen MR) is 91.7 cm³/mol. The third-order valence-electron chi connectivity index (χ3n) is 3.27. The van der Waals surface area contributed by atoms with Gasteiger partial charge in [-0.15, -0.1) is 0 Å². The number of carboxylic acid groups (broad SMARTS) is 1. The highest BCUT2D eigenvalue weighted by Crippen LogP contribution is 2.13. The fourth-order valence-corrected chi connectivity index (χ4v) is 2.07. The van der Waals surface area contributed by atoms with Crippen molar-refractivity contribution in [3.63, 3.8) is 0 Å². The summed E-state index contributed by atoms with van der Waals surface area (Å²) in [6.45, 7) is 4.02. The summed E-state index contributed by atoms with van der Waals surface area (Å²) in [4.78, 5) is 27.1. The Morgan fingerprint density at radius 2 is 1.96 bits per heavy atom. The number of carbonyl (C=O) groups is 2. The lowest BCUT2D eigenvalue weighted by Gasteiger charge is -2.08. The van der Waals surface area contributed by atoms with Crippen LogP contribution in [-0.4, -0.2) is 41.8 Å². The number of pyridine rings is 1. The van der Waals surface area contributed by atoms with Crippen molar-refractivity contribution in [1.82, 2.24) is 4.98 Å². The van der Waals surface area contributed by atoms with Gasteiger partial charge in [0, 0.05) is 18.5 Å². The van der Waals surface area contributed by atoms with Crippen LogP contribution in [0.2, 0.25) is 0 Å². The topological polar surface area (TPSA) is 97.8 Å². The molecule has 0 aliphatic carbocycles. The van der Waals surface area contributed by atoms with Crippen molar-refractivity contribution in [1.29, 1.82) is 0 Å². The van der Waals surface area contributed by atoms with Gasteiger partial charge in [-0.3, -0.25) is 9.78 Å². The van der Waals surface area contributed by atoms with Crippen LogP contribution in [0.25, 0.3) is 0 Å². The quantitative estimate of drug-likeness (QED) is 0.679. The van der Waals surface area contributed by atoms with Gasteiger partial charge in [-0.25, -0.2) is 4.79 Å². The molecule has 0 saturated heterocycles. The van der Waals surface area contributed by atoms with Gasteiger partial charge in [0.2, 0.25) is 0 Å². The molecule has 7 nitrogen and oxygen atoms in total. The monoisotopic (exact) mass is 344 g/mol. The lowest BCUT2D eigenvalue weighted by Crippen LogP contribution is -2.14. The number of carbonyl (C=O) groups excluding carboxylic acids is 1. The maximum absolute atomic E-state index is 12.2. The Bertz CT molecular complexity index is 733. The Morgan fingerprint density at radius 1 is 1.16 bits per heavy atom. The van der Waals surface area contributed by atoms with Crippen molar-refractivity contribution in [2.24, 2.45) is 0 Å². The van der Waals surface area contributed by atoms with Gasteiger partial charge in [0.1, 0.15) is 5.69 Å². The molecule has 1 heterocycles. The van der Waals surface area contributed by atoms with Crippen molar-refractivity contribution in [2.45, 2.75) is 13.5 Å². The number of benzene rings is 1. The van der Waals surface area contributed by atoms with E-state index in [1.54, 1.807) is 18.2 Å². The van der Waals surface area contributed by atoms with Gasteiger partial charge >= 0.3 is 5.97 Å². The number of rotatable bonds is 9. The minimum Gasteiger partial charge on any atom is -0.478 e. The van der Waals surface area contributed by atoms with Gasteiger partial charge in [-0.1, -0.05) is 12.1 Å². The van der Waals surface area contributed by atoms with Crippen molar-refractivity contribution in [2.75, 3.05) is 25.1 Å². The molecule has 7 heteroatoms. The Balaban J connectivity index is 1.95. The summed E-state index contributed by atoms with van der Waals surface area (Å²) in [5.41, 5.74) is 1.54. The number of anilines is 1. The number of amides is 1. The van der Waals surface area contributed by atoms with E-state index in [0.717, 1.165) is 5.56 Å². The van der Waals surface area contributed by atoms with E-state index in [2.05, 4.69) is 10.3 Å². The number of nitrogens with zero attached hydrogens (tertiary/aromatic N) is 1. The molecule has 132 valence electrons. The summed E-state index contributed by atoms with van der Waals surface area (Å²) >= 11 is 0. The highest BCUT2D eigenvalue weighted by molar-refractivity contribution is 6.04. The van der Waals surface area contributed by atoms with E-state index in [0.29, 0.717) is 32.1 Å². The molecular formula is C18H20N2O5. The molecule has 0 bridgehead atoms. The first kappa shape index (κ1) is 18.6. The molecule has 1 aromatic carbocycles. The largest absolute Gasteiger partial charge is 0.478 e. The van der Waals surface area contributed by atoms with Crippen LogP contribution in [0.15, 0.2) is 42.6 Å². The molecule has 2 N–H and O–H groups in total. The summed E-state index contributed by atoms with van der Waals surface area (Å²) in [6.07, 6.45) is 1.29. The Morgan fingerprint density at radius 3 is 2.72 bits per heavy atom. The zero-order chi connectivity index (χ0) is 18.1. The van der Waals surface area contributed by atoms with Crippen LogP contribution in [0.5, 0.6) is 0 Å². The van der Waals surface area contributed by atoms with Gasteiger partial charge < -0.3 is 19.9 Å². The molecule has 0 fully saturated rings. The average molecular weight is 344 g/mol. The maximum Gasteiger partial charge on any atom is 0.335 e. The number of carboxylic acids is 1. The molecular weight excluding hydrogens is 324 g/mol. The van der Waals surface area contributed by atoms with Crippen LogP contribution in [0.3, 0.4) is 0 Å². The van der Waals surface area contributed by atoms with Crippen LogP contribution in [-0.2, 0) is 16.1 Å². The average Bonchev–Trinajstić information content (AvgIpc) is 2.62. The minimum atomic E-state index is -1.11. The predicted octanol–water partition coefficient (Wildman–Crippen LogP) is 2.59. The third-order valence-corrected chi connectivity index (χ3v) is 3.27. The first-order valence-corrected chi connectivity index (χ1v) is 7.85. The molecule has 1 aromatic heterocycles. The molecule has 0 unspecified atom stereocenters. The fourth-order valence-electron chi connectivity index (χ4n) is 2.07. The summed E-state index contributed by atoms with van der Waals surface area (Å²) in [5, 5.41) is 11.7. The normalized spacial score (nSPS) is 10.4. The van der Waals surface area contributed by atoms with Crippen molar-refractivity contribution < 1.29 is 24.2 Å². The van der Waals surface area contributed by atoms with E-state index in [9.17, 15) is 9.59 Å². The first-order chi connectivity index (χ1) is 12.1. The Kier molecular flexibility index (Phi) is 7.06. The lowest BCUT2D eigenvalue weighted by molar-refractivity contribution is 0.0453. The van der Waals surface area contributed by atoms with Gasteiger partial charge in [0.05, 0.1) is 25.4 Å². The van der Waals surface area contributed by atoms with E-state index < -0.39 is 11.9 Å². The molecule has 0 spiro atoms. The van der Waals surface area contributed by atoms with Crippen LogP contribution >= 0.6 is 0 Å². The number of nitrogens with one attached hydrogen (secondary N) is 1. The van der Waals surface area contributed by atoms with E-state index >= 15 is 0 Å². The second-order valence-corrected chi connectivity index (χ2v) is 5.14. The fraction of sp³-hybridized carbons (Fsp3) is 0.278. The van der Waals surface area contributed by atoms with Gasteiger partial charge in [-0.05, 0) is 36.8 Å². The molecule has 0 saturated carbocycles. The summed E-state index contributed by atoms with van der Waals surface area (Å²) in [7, 11) is 0. The molecule has 0 atom stereocenters. The maximum atomic E-state index is 12.2. The summed E-state index contributed by atoms with van der Waals surface area (Å²) < 4.78 is 10.7. The highest BCUT2D eigenvalue weighted by atomic mass is 16.5. The second-order valence-electron chi connectivity index (χ2n) is 5.14. The zero-order valence-electron chi connectivity index (χ0n) is 13.9. The number of aromatic nitrogens is 1. The zero-order valence-corrected chi connectivity index (χ0v) is 13.9. The van der Waals surface area contributed by atoms with Crippen LogP contribution in [0.4, 0.5) is 5.69 Å². The van der Waals surface area contributed by atoms with E-state index in [-0.39, 0.29) is 11.3 Å². The second kappa shape index (κ2) is 9.51. The van der Waals surface area contributed by atoms with Crippen molar-refractivity contribution >= 4 is 17.6 Å². The van der Waals surface area contributed by atoms with Crippen molar-refractivity contribution in [3.8, 4) is 0 Å². The molecule has 0 aliphatic heterocycles. The minimum absolute atomic E-state index is 0.0107. The number of hydrogen-bond acceptors (Lipinski definition) is 5. The SMILES string of the molecule is CCOCCOCc1cccc(NC(=O)c2cc(C(=O)O)ccn2)c1. The van der Waals surface area contributed by atoms with Gasteiger partial charge in [0.25, 0.3) is 5.91 Å². The van der Waals surface area contributed by atoms with Crippen molar-refractivity contribution in [3.05, 3.63) is 59.4 Å². The van der Waals surface area contributed by atoms with Crippen LogP contribution in [0, 0.1) is 0 Å². The Hall–Kier alpha value is -2.77. The lowest BCUT2D eigenvalue weighted by atomic mass is 10.2. The van der Waals surface area contributed by atoms with Crippen LogP contribution < -0.4 is 5.32 Å².